The first kappa shape index (κ1) is 58.3. The maximum absolute atomic E-state index is 12.8. The van der Waals surface area contributed by atoms with Gasteiger partial charge in [0.15, 0.2) is 6.10 Å². The minimum absolute atomic E-state index is 0.108. The number of allylic oxidation sites excluding steroid dienone is 16. The monoisotopic (exact) mass is 861 g/mol. The van der Waals surface area contributed by atoms with Crippen molar-refractivity contribution >= 4 is 17.9 Å². The summed E-state index contributed by atoms with van der Waals surface area (Å²) in [6.45, 7) is 6.30. The average Bonchev–Trinajstić information content (AvgIpc) is 3.27. The van der Waals surface area contributed by atoms with Gasteiger partial charge in [0.05, 0.1) is 0 Å². The van der Waals surface area contributed by atoms with E-state index < -0.39 is 6.10 Å². The molecule has 0 aliphatic carbocycles. The number of esters is 3. The predicted octanol–water partition coefficient (Wildman–Crippen LogP) is 16.6. The summed E-state index contributed by atoms with van der Waals surface area (Å²) >= 11 is 0. The Morgan fingerprint density at radius 1 is 0.355 bits per heavy atom. The molecule has 0 saturated carbocycles. The molecule has 1 atom stereocenters. The van der Waals surface area contributed by atoms with E-state index in [9.17, 15) is 14.4 Å². The first-order valence-electron chi connectivity index (χ1n) is 25.3. The van der Waals surface area contributed by atoms with Crippen molar-refractivity contribution in [1.82, 2.24) is 0 Å². The first-order chi connectivity index (χ1) is 30.5. The van der Waals surface area contributed by atoms with Gasteiger partial charge in [0.1, 0.15) is 13.2 Å². The number of hydrogen-bond acceptors (Lipinski definition) is 6. The molecule has 0 radical (unpaired) electrons. The van der Waals surface area contributed by atoms with Crippen molar-refractivity contribution in [3.05, 3.63) is 97.2 Å². The Morgan fingerprint density at radius 2 is 0.742 bits per heavy atom. The van der Waals surface area contributed by atoms with Gasteiger partial charge in [0.25, 0.3) is 0 Å². The quantitative estimate of drug-likeness (QED) is 0.0200. The number of carbonyl (C=O) groups is 3. The topological polar surface area (TPSA) is 78.9 Å². The van der Waals surface area contributed by atoms with Crippen molar-refractivity contribution in [2.24, 2.45) is 0 Å². The zero-order valence-corrected chi connectivity index (χ0v) is 40.1. The van der Waals surface area contributed by atoms with E-state index in [-0.39, 0.29) is 37.5 Å². The van der Waals surface area contributed by atoms with Crippen LogP contribution in [0, 0.1) is 0 Å². The average molecular weight is 861 g/mol. The third-order valence-corrected chi connectivity index (χ3v) is 10.4. The summed E-state index contributed by atoms with van der Waals surface area (Å²) in [5.74, 6) is -1.01. The molecule has 0 aromatic carbocycles. The molecule has 0 fully saturated rings. The van der Waals surface area contributed by atoms with Crippen LogP contribution in [-0.2, 0) is 28.6 Å². The second-order valence-electron chi connectivity index (χ2n) is 16.4. The lowest BCUT2D eigenvalue weighted by atomic mass is 10.1. The van der Waals surface area contributed by atoms with Crippen LogP contribution in [0.1, 0.15) is 220 Å². The third kappa shape index (κ3) is 47.4. The van der Waals surface area contributed by atoms with Gasteiger partial charge in [-0.15, -0.1) is 0 Å². The van der Waals surface area contributed by atoms with E-state index in [1.807, 2.05) is 6.08 Å². The van der Waals surface area contributed by atoms with Gasteiger partial charge in [-0.05, 0) is 89.9 Å². The lowest BCUT2D eigenvalue weighted by molar-refractivity contribution is -0.166. The Kier molecular flexibility index (Phi) is 47.0. The Morgan fingerprint density at radius 3 is 1.26 bits per heavy atom. The zero-order valence-electron chi connectivity index (χ0n) is 40.1. The maximum atomic E-state index is 12.8. The molecular weight excluding hydrogens is 769 g/mol. The molecule has 0 aromatic rings. The van der Waals surface area contributed by atoms with E-state index in [0.717, 1.165) is 103 Å². The Hall–Kier alpha value is -3.67. The van der Waals surface area contributed by atoms with Crippen LogP contribution in [0.2, 0.25) is 0 Å². The van der Waals surface area contributed by atoms with Crippen LogP contribution in [0.4, 0.5) is 0 Å². The second kappa shape index (κ2) is 50.0. The molecule has 0 aliphatic heterocycles. The number of carbonyl (C=O) groups excluding carboxylic acids is 3. The summed E-state index contributed by atoms with van der Waals surface area (Å²) in [5.41, 5.74) is 0. The smallest absolute Gasteiger partial charge is 0.306 e. The predicted molar refractivity (Wildman–Crippen MR) is 265 cm³/mol. The van der Waals surface area contributed by atoms with Gasteiger partial charge in [-0.2, -0.15) is 0 Å². The van der Waals surface area contributed by atoms with Crippen molar-refractivity contribution in [3.63, 3.8) is 0 Å². The highest BCUT2D eigenvalue weighted by atomic mass is 16.6. The van der Waals surface area contributed by atoms with Crippen LogP contribution in [0.25, 0.3) is 0 Å². The molecule has 0 aliphatic rings. The van der Waals surface area contributed by atoms with Crippen LogP contribution in [0.5, 0.6) is 0 Å². The summed E-state index contributed by atoms with van der Waals surface area (Å²) in [5, 5.41) is 0. The molecule has 0 aromatic heterocycles. The lowest BCUT2D eigenvalue weighted by Gasteiger charge is -2.18. The van der Waals surface area contributed by atoms with E-state index in [2.05, 4.69) is 112 Å². The van der Waals surface area contributed by atoms with E-state index in [1.165, 1.54) is 70.6 Å². The number of hydrogen-bond donors (Lipinski definition) is 0. The fourth-order valence-electron chi connectivity index (χ4n) is 6.63. The third-order valence-electron chi connectivity index (χ3n) is 10.4. The van der Waals surface area contributed by atoms with Crippen molar-refractivity contribution < 1.29 is 28.6 Å². The molecule has 0 N–H and O–H groups in total. The minimum atomic E-state index is -0.812. The summed E-state index contributed by atoms with van der Waals surface area (Å²) < 4.78 is 16.7. The first-order valence-corrected chi connectivity index (χ1v) is 25.3. The van der Waals surface area contributed by atoms with Crippen LogP contribution >= 0.6 is 0 Å². The molecule has 0 rings (SSSR count). The van der Waals surface area contributed by atoms with Gasteiger partial charge in [-0.1, -0.05) is 208 Å². The summed E-state index contributed by atoms with van der Waals surface area (Å²) in [7, 11) is 0. The number of rotatable bonds is 44. The van der Waals surface area contributed by atoms with E-state index >= 15 is 0 Å². The number of ether oxygens (including phenoxy) is 3. The van der Waals surface area contributed by atoms with Gasteiger partial charge < -0.3 is 14.2 Å². The van der Waals surface area contributed by atoms with Crippen molar-refractivity contribution in [3.8, 4) is 0 Å². The Bertz CT molecular complexity index is 1260. The molecule has 1 unspecified atom stereocenters. The Balaban J connectivity index is 4.49. The van der Waals surface area contributed by atoms with Crippen LogP contribution in [-0.4, -0.2) is 37.2 Å². The van der Waals surface area contributed by atoms with Crippen molar-refractivity contribution in [2.45, 2.75) is 226 Å². The standard InChI is InChI=1S/C56H92O6/c1-4-7-10-13-16-19-22-25-27-29-31-34-37-40-43-46-49-55(58)61-52-53(51-60-54(57)48-45-42-39-36-33-30-24-21-18-15-12-9-6-3)62-56(59)50-47-44-41-38-35-32-28-26-23-20-17-14-11-8-5-2/h7-8,10-11,14,16-17,19-20,23,25,27,30,33,39,42,53H,4-6,9,12-13,15,18,21-22,24,26,28-29,31-32,34-38,40-41,43-52H2,1-3H3/b10-7-,11-8-,17-14-,19-16-,23-20-,27-25-,33-30-,42-39-. The van der Waals surface area contributed by atoms with Crippen molar-refractivity contribution in [2.75, 3.05) is 13.2 Å². The SMILES string of the molecule is CC\C=C/C=C\C=C/CCCCCCCCCC(=O)OC(COC(=O)CC/C=C\C/C=C\CCCCCCCC)COC(=O)CCCCCCCC/C=C\C/C=C\C/C=C\CC. The van der Waals surface area contributed by atoms with E-state index in [4.69, 9.17) is 14.2 Å². The molecular formula is C56H92O6. The molecule has 352 valence electrons. The van der Waals surface area contributed by atoms with Crippen LogP contribution < -0.4 is 0 Å². The van der Waals surface area contributed by atoms with Crippen LogP contribution in [0.3, 0.4) is 0 Å². The maximum Gasteiger partial charge on any atom is 0.306 e. The highest BCUT2D eigenvalue weighted by molar-refractivity contribution is 5.71. The van der Waals surface area contributed by atoms with Gasteiger partial charge in [0, 0.05) is 19.3 Å². The normalized spacial score (nSPS) is 12.9. The van der Waals surface area contributed by atoms with Gasteiger partial charge >= 0.3 is 17.9 Å². The van der Waals surface area contributed by atoms with Crippen molar-refractivity contribution in [1.29, 1.82) is 0 Å². The fraction of sp³-hybridized carbons (Fsp3) is 0.661. The molecule has 0 heterocycles. The van der Waals surface area contributed by atoms with Gasteiger partial charge in [-0.25, -0.2) is 0 Å². The van der Waals surface area contributed by atoms with Crippen LogP contribution in [0.15, 0.2) is 97.2 Å². The largest absolute Gasteiger partial charge is 0.462 e. The van der Waals surface area contributed by atoms with Gasteiger partial charge in [-0.3, -0.25) is 14.4 Å². The molecule has 6 nitrogen and oxygen atoms in total. The Labute approximate surface area is 381 Å². The lowest BCUT2D eigenvalue weighted by Crippen LogP contribution is -2.30. The molecule has 0 spiro atoms. The minimum Gasteiger partial charge on any atom is -0.462 e. The summed E-state index contributed by atoms with van der Waals surface area (Å²) in [6.07, 6.45) is 65.4. The highest BCUT2D eigenvalue weighted by Gasteiger charge is 2.19. The molecule has 0 bridgehead atoms. The fourth-order valence-corrected chi connectivity index (χ4v) is 6.63. The molecule has 0 saturated heterocycles. The highest BCUT2D eigenvalue weighted by Crippen LogP contribution is 2.13. The summed E-state index contributed by atoms with van der Waals surface area (Å²) in [6, 6.07) is 0. The number of unbranched alkanes of at least 4 members (excludes halogenated alkanes) is 19. The summed E-state index contributed by atoms with van der Waals surface area (Å²) in [4.78, 5) is 37.9. The molecule has 6 heteroatoms. The second-order valence-corrected chi connectivity index (χ2v) is 16.4. The molecule has 0 amide bonds. The van der Waals surface area contributed by atoms with E-state index in [0.29, 0.717) is 19.3 Å². The van der Waals surface area contributed by atoms with Gasteiger partial charge in [0.2, 0.25) is 0 Å². The molecule has 62 heavy (non-hydrogen) atoms. The zero-order chi connectivity index (χ0) is 45.1. The van der Waals surface area contributed by atoms with E-state index in [1.54, 1.807) is 0 Å².